The van der Waals surface area contributed by atoms with Crippen LogP contribution < -0.4 is 16.0 Å². The van der Waals surface area contributed by atoms with Crippen LogP contribution in [0.4, 0.5) is 4.79 Å². The zero-order chi connectivity index (χ0) is 39.1. The third-order valence-corrected chi connectivity index (χ3v) is 9.20. The highest BCUT2D eigenvalue weighted by molar-refractivity contribution is 7.99. The fraction of sp³-hybridized carbons (Fsp3) is 0.897. The number of carbonyl (C=O) groups excluding carboxylic acids is 3. The van der Waals surface area contributed by atoms with E-state index in [1.165, 1.54) is 11.8 Å². The van der Waals surface area contributed by atoms with Gasteiger partial charge in [0.05, 0.1) is 46.2 Å². The van der Waals surface area contributed by atoms with Crippen molar-refractivity contribution in [2.45, 2.75) is 92.3 Å². The van der Waals surface area contributed by atoms with Gasteiger partial charge < -0.3 is 95.8 Å². The summed E-state index contributed by atoms with van der Waals surface area (Å²) >= 11 is 1.17. The van der Waals surface area contributed by atoms with Gasteiger partial charge >= 0.3 is 6.09 Å². The van der Waals surface area contributed by atoms with Crippen LogP contribution in [-0.2, 0) is 33.3 Å². The van der Waals surface area contributed by atoms with E-state index in [4.69, 9.17) is 23.7 Å². The molecule has 3 amide bonds. The molecule has 0 spiro atoms. The number of aliphatic hydroxyl groups excluding tert-OH is 11. The second-order valence-corrected chi connectivity index (χ2v) is 13.6. The Hall–Kier alpha value is -2.04. The summed E-state index contributed by atoms with van der Waals surface area (Å²) in [5.41, 5.74) is -3.52. The smallest absolute Gasteiger partial charge is 0.407 e. The number of aliphatic hydroxyl groups is 11. The van der Waals surface area contributed by atoms with Crippen molar-refractivity contribution in [3.8, 4) is 0 Å². The Kier molecular flexibility index (Phi) is 19.8. The van der Waals surface area contributed by atoms with Gasteiger partial charge in [0.2, 0.25) is 11.8 Å². The Bertz CT molecular complexity index is 1040. The highest BCUT2D eigenvalue weighted by Crippen LogP contribution is 2.26. The van der Waals surface area contributed by atoms with Crippen LogP contribution in [0.3, 0.4) is 0 Å². The quantitative estimate of drug-likeness (QED) is 0.0454. The maximum atomic E-state index is 13.3. The van der Waals surface area contributed by atoms with Gasteiger partial charge in [-0.05, 0) is 6.92 Å². The molecule has 0 aromatic heterocycles. The molecule has 2 rings (SSSR count). The standard InChI is InChI=1S/C29H53N3O19S/c1-2-30-27(46)49-14-29(12-47-25-23(44)21(42)19(40)15(7-33)50-25,13-48-26-24(45)22(43)20(41)16(8-34)51-26)32-18(39)4-6-52-5-3-17(38)31-28(9-35,10-36)11-37/h15-16,19-26,33-37,40-45H,2-14H2,1H3,(H,30,46)(H,31,38)(H,32,39)/t15?,16?,19-,20-,21+,22+,23?,24?,25-,26-,29?/m1/s1. The topological polar surface area (TPSA) is 356 Å². The molecule has 304 valence electrons. The van der Waals surface area contributed by atoms with E-state index in [-0.39, 0.29) is 30.9 Å². The first-order valence-corrected chi connectivity index (χ1v) is 17.6. The van der Waals surface area contributed by atoms with Crippen molar-refractivity contribution in [2.24, 2.45) is 0 Å². The molecular formula is C29H53N3O19S. The average molecular weight is 780 g/mol. The molecule has 23 heteroatoms. The summed E-state index contributed by atoms with van der Waals surface area (Å²) in [4.78, 5) is 37.9. The second kappa shape index (κ2) is 22.4. The number of nitrogens with one attached hydrogen (secondary N) is 3. The number of amides is 3. The van der Waals surface area contributed by atoms with Crippen molar-refractivity contribution < 1.29 is 94.2 Å². The highest BCUT2D eigenvalue weighted by atomic mass is 32.2. The van der Waals surface area contributed by atoms with Gasteiger partial charge in [0.1, 0.15) is 66.5 Å². The molecule has 52 heavy (non-hydrogen) atoms. The van der Waals surface area contributed by atoms with E-state index in [1.54, 1.807) is 6.92 Å². The maximum Gasteiger partial charge on any atom is 0.407 e. The molecule has 2 aliphatic rings. The lowest BCUT2D eigenvalue weighted by Gasteiger charge is -2.43. The lowest BCUT2D eigenvalue weighted by atomic mass is 9.98. The van der Waals surface area contributed by atoms with E-state index in [2.05, 4.69) is 16.0 Å². The van der Waals surface area contributed by atoms with Gasteiger partial charge in [-0.3, -0.25) is 9.59 Å². The van der Waals surface area contributed by atoms with Gasteiger partial charge in [-0.1, -0.05) is 0 Å². The van der Waals surface area contributed by atoms with Gasteiger partial charge in [-0.2, -0.15) is 11.8 Å². The molecule has 0 aromatic carbocycles. The second-order valence-electron chi connectivity index (χ2n) is 12.4. The number of carbonyl (C=O) groups is 3. The predicted octanol–water partition coefficient (Wildman–Crippen LogP) is -7.43. The third kappa shape index (κ3) is 13.1. The minimum Gasteiger partial charge on any atom is -0.447 e. The first kappa shape index (κ1) is 46.1. The molecule has 0 saturated carbocycles. The monoisotopic (exact) mass is 779 g/mol. The van der Waals surface area contributed by atoms with Crippen molar-refractivity contribution in [1.82, 2.24) is 16.0 Å². The number of alkyl carbamates (subject to hydrolysis) is 1. The van der Waals surface area contributed by atoms with Crippen molar-refractivity contribution in [2.75, 3.05) is 70.9 Å². The van der Waals surface area contributed by atoms with Crippen LogP contribution in [0.2, 0.25) is 0 Å². The Morgan fingerprint density at radius 3 is 1.44 bits per heavy atom. The lowest BCUT2D eigenvalue weighted by Crippen LogP contribution is -2.64. The Morgan fingerprint density at radius 2 is 1.06 bits per heavy atom. The number of hydrogen-bond donors (Lipinski definition) is 14. The SMILES string of the molecule is CCNC(=O)OCC(CO[C@@H]1OC(CO)[C@@H](O)[C@H](O)C1O)(CO[C@@H]1OC(CO)[C@@H](O)[C@H](O)C1O)NC(=O)CCSCCC(=O)NC(CO)(CO)CO. The molecule has 2 aliphatic heterocycles. The number of rotatable bonds is 22. The predicted molar refractivity (Wildman–Crippen MR) is 174 cm³/mol. The van der Waals surface area contributed by atoms with E-state index in [9.17, 15) is 70.6 Å². The molecule has 0 radical (unpaired) electrons. The number of ether oxygens (including phenoxy) is 5. The van der Waals surface area contributed by atoms with Crippen LogP contribution in [0.25, 0.3) is 0 Å². The largest absolute Gasteiger partial charge is 0.447 e. The van der Waals surface area contributed by atoms with Crippen molar-refractivity contribution in [3.63, 3.8) is 0 Å². The van der Waals surface area contributed by atoms with Crippen molar-refractivity contribution in [1.29, 1.82) is 0 Å². The van der Waals surface area contributed by atoms with Gasteiger partial charge in [-0.25, -0.2) is 4.79 Å². The zero-order valence-corrected chi connectivity index (χ0v) is 29.4. The van der Waals surface area contributed by atoms with Crippen molar-refractivity contribution >= 4 is 29.7 Å². The molecule has 2 saturated heterocycles. The molecule has 22 nitrogen and oxygen atoms in total. The molecule has 0 bridgehead atoms. The van der Waals surface area contributed by atoms with Crippen LogP contribution in [0.5, 0.6) is 0 Å². The molecule has 4 unspecified atom stereocenters. The highest BCUT2D eigenvalue weighted by Gasteiger charge is 2.48. The maximum absolute atomic E-state index is 13.3. The molecule has 2 fully saturated rings. The summed E-state index contributed by atoms with van der Waals surface area (Å²) in [6.45, 7) is -4.09. The summed E-state index contributed by atoms with van der Waals surface area (Å²) in [5, 5.41) is 116. The van der Waals surface area contributed by atoms with Gasteiger partial charge in [0.15, 0.2) is 12.6 Å². The Balaban J connectivity index is 2.25. The summed E-state index contributed by atoms with van der Waals surface area (Å²) < 4.78 is 27.4. The summed E-state index contributed by atoms with van der Waals surface area (Å²) in [6.07, 6.45) is -18.3. The minimum atomic E-state index is -1.92. The number of hydrogen-bond acceptors (Lipinski definition) is 20. The van der Waals surface area contributed by atoms with Crippen LogP contribution >= 0.6 is 11.8 Å². The normalized spacial score (nSPS) is 30.6. The fourth-order valence-corrected chi connectivity index (χ4v) is 5.81. The van der Waals surface area contributed by atoms with E-state index in [0.717, 1.165) is 0 Å². The molecular weight excluding hydrogens is 726 g/mol. The van der Waals surface area contributed by atoms with Gasteiger partial charge in [0, 0.05) is 30.9 Å². The van der Waals surface area contributed by atoms with E-state index < -0.39 is 143 Å². The Labute approximate surface area is 303 Å². The van der Waals surface area contributed by atoms with Crippen LogP contribution in [0.15, 0.2) is 0 Å². The van der Waals surface area contributed by atoms with Crippen LogP contribution in [0, 0.1) is 0 Å². The fourth-order valence-electron chi connectivity index (χ4n) is 4.94. The first-order valence-electron chi connectivity index (χ1n) is 16.4. The van der Waals surface area contributed by atoms with Gasteiger partial charge in [-0.15, -0.1) is 0 Å². The van der Waals surface area contributed by atoms with Gasteiger partial charge in [0.25, 0.3) is 0 Å². The van der Waals surface area contributed by atoms with Crippen molar-refractivity contribution in [3.05, 3.63) is 0 Å². The summed E-state index contributed by atoms with van der Waals surface area (Å²) in [5.74, 6) is -0.973. The number of thioether (sulfide) groups is 1. The summed E-state index contributed by atoms with van der Waals surface area (Å²) in [6, 6.07) is 0. The van der Waals surface area contributed by atoms with E-state index >= 15 is 0 Å². The minimum absolute atomic E-state index is 0.0990. The average Bonchev–Trinajstić information content (AvgIpc) is 3.13. The van der Waals surface area contributed by atoms with E-state index in [0.29, 0.717) is 0 Å². The lowest BCUT2D eigenvalue weighted by molar-refractivity contribution is -0.315. The van der Waals surface area contributed by atoms with E-state index in [1.807, 2.05) is 0 Å². The molecule has 10 atom stereocenters. The zero-order valence-electron chi connectivity index (χ0n) is 28.6. The summed E-state index contributed by atoms with van der Waals surface area (Å²) in [7, 11) is 0. The molecule has 14 N–H and O–H groups in total. The first-order chi connectivity index (χ1) is 24.6. The molecule has 0 aromatic rings. The molecule has 0 aliphatic carbocycles. The third-order valence-electron chi connectivity index (χ3n) is 8.21. The van der Waals surface area contributed by atoms with Crippen LogP contribution in [0.1, 0.15) is 19.8 Å². The Morgan fingerprint density at radius 1 is 0.635 bits per heavy atom. The van der Waals surface area contributed by atoms with Crippen LogP contribution in [-0.4, -0.2) is 217 Å². The molecule has 2 heterocycles.